The van der Waals surface area contributed by atoms with Gasteiger partial charge in [0.25, 0.3) is 0 Å². The largest absolute Gasteiger partial charge is 0.586 e. The van der Waals surface area contributed by atoms with Gasteiger partial charge in [0.15, 0.2) is 11.5 Å². The molecule has 0 radical (unpaired) electrons. The number of carbonyl (C=O) groups is 1. The van der Waals surface area contributed by atoms with Crippen molar-refractivity contribution in [3.63, 3.8) is 0 Å². The number of pyridine rings is 1. The summed E-state index contributed by atoms with van der Waals surface area (Å²) in [6.07, 6.45) is 3.19. The Morgan fingerprint density at radius 2 is 1.76 bits per heavy atom. The smallest absolute Gasteiger partial charge is 0.395 e. The number of amides is 1. The highest BCUT2D eigenvalue weighted by Gasteiger charge is 2.43. The first-order valence-corrected chi connectivity index (χ1v) is 10.1. The summed E-state index contributed by atoms with van der Waals surface area (Å²) in [7, 11) is 0. The van der Waals surface area contributed by atoms with E-state index in [-0.39, 0.29) is 23.3 Å². The van der Waals surface area contributed by atoms with Gasteiger partial charge in [0.2, 0.25) is 5.91 Å². The molecule has 5 nitrogen and oxygen atoms in total. The topological polar surface area (TPSA) is 60.5 Å². The Labute approximate surface area is 169 Å². The van der Waals surface area contributed by atoms with E-state index in [9.17, 15) is 13.6 Å². The van der Waals surface area contributed by atoms with Crippen LogP contribution < -0.4 is 14.8 Å². The van der Waals surface area contributed by atoms with Crippen LogP contribution in [0.15, 0.2) is 30.5 Å². The Balaban J connectivity index is 0.00000117. The fraction of sp³-hybridized carbons (Fsp3) is 0.455. The Morgan fingerprint density at radius 1 is 1.10 bits per heavy atom. The Hall–Kier alpha value is -2.70. The summed E-state index contributed by atoms with van der Waals surface area (Å²) in [6, 6.07) is 6.55. The molecule has 1 N–H and O–H groups in total. The summed E-state index contributed by atoms with van der Waals surface area (Å²) < 4.78 is 35.5. The van der Waals surface area contributed by atoms with E-state index in [1.807, 2.05) is 13.8 Å². The predicted molar refractivity (Wildman–Crippen MR) is 107 cm³/mol. The molecule has 1 saturated carbocycles. The Morgan fingerprint density at radius 3 is 2.38 bits per heavy atom. The van der Waals surface area contributed by atoms with Gasteiger partial charge in [-0.15, -0.1) is 8.78 Å². The molecule has 0 spiro atoms. The number of aromatic nitrogens is 1. The summed E-state index contributed by atoms with van der Waals surface area (Å²) >= 11 is 0. The second-order valence-corrected chi connectivity index (χ2v) is 7.04. The van der Waals surface area contributed by atoms with Crippen molar-refractivity contribution in [2.75, 3.05) is 5.32 Å². The molecule has 1 amide bonds. The molecule has 0 saturated heterocycles. The van der Waals surface area contributed by atoms with Crippen LogP contribution in [-0.2, 0) is 4.79 Å². The van der Waals surface area contributed by atoms with Crippen molar-refractivity contribution in [3.8, 4) is 22.6 Å². The Bertz CT molecular complexity index is 863. The minimum Gasteiger partial charge on any atom is -0.395 e. The molecular formula is C22H26F2N2O3. The van der Waals surface area contributed by atoms with Crippen LogP contribution >= 0.6 is 0 Å². The number of rotatable bonds is 3. The van der Waals surface area contributed by atoms with Crippen LogP contribution in [0.5, 0.6) is 11.5 Å². The number of nitrogens with zero attached hydrogens (tertiary/aromatic N) is 1. The molecule has 1 aromatic carbocycles. The minimum atomic E-state index is -3.64. The van der Waals surface area contributed by atoms with E-state index in [2.05, 4.69) is 19.8 Å². The highest BCUT2D eigenvalue weighted by molar-refractivity contribution is 5.91. The summed E-state index contributed by atoms with van der Waals surface area (Å²) in [5, 5.41) is 2.86. The number of aryl methyl sites for hydroxylation is 1. The number of hydrogen-bond donors (Lipinski definition) is 1. The summed E-state index contributed by atoms with van der Waals surface area (Å²) in [4.78, 5) is 16.6. The molecule has 29 heavy (non-hydrogen) atoms. The van der Waals surface area contributed by atoms with E-state index in [0.717, 1.165) is 36.8 Å². The van der Waals surface area contributed by atoms with Crippen molar-refractivity contribution < 1.29 is 23.0 Å². The molecule has 1 aliphatic carbocycles. The van der Waals surface area contributed by atoms with Crippen molar-refractivity contribution >= 4 is 11.7 Å². The number of alkyl halides is 2. The molecule has 7 heteroatoms. The predicted octanol–water partition coefficient (Wildman–Crippen LogP) is 5.92. The molecule has 2 heterocycles. The van der Waals surface area contributed by atoms with Gasteiger partial charge in [-0.1, -0.05) is 33.1 Å². The number of nitrogens with one attached hydrogen (secondary N) is 1. The molecule has 0 bridgehead atoms. The molecule has 2 aliphatic rings. The van der Waals surface area contributed by atoms with Crippen LogP contribution in [0.4, 0.5) is 14.6 Å². The quantitative estimate of drug-likeness (QED) is 0.689. The number of fused-ring (bicyclic) bond motifs is 1. The van der Waals surface area contributed by atoms with Crippen LogP contribution in [-0.4, -0.2) is 17.2 Å². The minimum absolute atomic E-state index is 0.00437. The fourth-order valence-corrected chi connectivity index (χ4v) is 3.63. The van der Waals surface area contributed by atoms with E-state index in [0.29, 0.717) is 11.4 Å². The second kappa shape index (κ2) is 8.76. The molecule has 1 aliphatic heterocycles. The van der Waals surface area contributed by atoms with E-state index in [1.165, 1.54) is 18.6 Å². The molecule has 1 aromatic heterocycles. The number of benzene rings is 1. The van der Waals surface area contributed by atoms with Gasteiger partial charge in [0, 0.05) is 17.7 Å². The van der Waals surface area contributed by atoms with Crippen LogP contribution in [0.3, 0.4) is 0 Å². The van der Waals surface area contributed by atoms with Crippen molar-refractivity contribution in [2.24, 2.45) is 5.92 Å². The van der Waals surface area contributed by atoms with Crippen molar-refractivity contribution in [3.05, 3.63) is 36.0 Å². The first kappa shape index (κ1) is 21.0. The summed E-state index contributed by atoms with van der Waals surface area (Å²) in [5.41, 5.74) is 2.22. The maximum absolute atomic E-state index is 13.2. The standard InChI is InChI=1S/C20H20F2N2O3.C2H6/c1-12-9-16-17(27-20(21,22)26-16)10-15(12)14-7-8-18(23-11-14)24-19(25)13-5-3-2-4-6-13;1-2/h7-11,13H,2-6H2,1H3,(H,23,24,25);1-2H3. The first-order chi connectivity index (χ1) is 13.9. The molecule has 0 atom stereocenters. The third-order valence-electron chi connectivity index (χ3n) is 5.05. The van der Waals surface area contributed by atoms with Crippen molar-refractivity contribution in [1.29, 1.82) is 0 Å². The fourth-order valence-electron chi connectivity index (χ4n) is 3.63. The SMILES string of the molecule is CC.Cc1cc2c(cc1-c1ccc(NC(=O)C3CCCCC3)nc1)OC(F)(F)O2. The van der Waals surface area contributed by atoms with Crippen LogP contribution in [0.1, 0.15) is 51.5 Å². The molecule has 2 aromatic rings. The van der Waals surface area contributed by atoms with Crippen molar-refractivity contribution in [1.82, 2.24) is 4.98 Å². The first-order valence-electron chi connectivity index (χ1n) is 10.1. The molecule has 156 valence electrons. The van der Waals surface area contributed by atoms with E-state index in [1.54, 1.807) is 25.3 Å². The van der Waals surface area contributed by atoms with Gasteiger partial charge in [0.1, 0.15) is 5.82 Å². The maximum Gasteiger partial charge on any atom is 0.586 e. The van der Waals surface area contributed by atoms with Gasteiger partial charge in [-0.3, -0.25) is 4.79 Å². The zero-order chi connectivity index (χ0) is 21.0. The van der Waals surface area contributed by atoms with Gasteiger partial charge in [-0.2, -0.15) is 0 Å². The average Bonchev–Trinajstić information content (AvgIpc) is 3.03. The molecular weight excluding hydrogens is 378 g/mol. The van der Waals surface area contributed by atoms with Crippen LogP contribution in [0, 0.1) is 12.8 Å². The van der Waals surface area contributed by atoms with E-state index < -0.39 is 6.29 Å². The summed E-state index contributed by atoms with van der Waals surface area (Å²) in [6.45, 7) is 5.80. The number of carbonyl (C=O) groups excluding carboxylic acids is 1. The molecule has 1 fully saturated rings. The van der Waals surface area contributed by atoms with Gasteiger partial charge in [-0.25, -0.2) is 4.98 Å². The van der Waals surface area contributed by atoms with Gasteiger partial charge in [0.05, 0.1) is 0 Å². The third kappa shape index (κ3) is 4.83. The lowest BCUT2D eigenvalue weighted by molar-refractivity contribution is -0.286. The lowest BCUT2D eigenvalue weighted by atomic mass is 9.89. The van der Waals surface area contributed by atoms with Crippen molar-refractivity contribution in [2.45, 2.75) is 59.2 Å². The van der Waals surface area contributed by atoms with Crippen LogP contribution in [0.25, 0.3) is 11.1 Å². The lowest BCUT2D eigenvalue weighted by Gasteiger charge is -2.20. The molecule has 4 rings (SSSR count). The third-order valence-corrected chi connectivity index (χ3v) is 5.05. The zero-order valence-electron chi connectivity index (χ0n) is 16.9. The highest BCUT2D eigenvalue weighted by atomic mass is 19.3. The normalized spacial score (nSPS) is 17.3. The second-order valence-electron chi connectivity index (χ2n) is 7.04. The molecule has 0 unspecified atom stereocenters. The van der Waals surface area contributed by atoms with Gasteiger partial charge in [-0.05, 0) is 55.2 Å². The van der Waals surface area contributed by atoms with E-state index >= 15 is 0 Å². The Kier molecular flexibility index (Phi) is 6.35. The zero-order valence-corrected chi connectivity index (χ0v) is 16.9. The van der Waals surface area contributed by atoms with Crippen LogP contribution in [0.2, 0.25) is 0 Å². The van der Waals surface area contributed by atoms with Gasteiger partial charge >= 0.3 is 6.29 Å². The number of halogens is 2. The monoisotopic (exact) mass is 404 g/mol. The number of anilines is 1. The number of hydrogen-bond acceptors (Lipinski definition) is 4. The van der Waals surface area contributed by atoms with Gasteiger partial charge < -0.3 is 14.8 Å². The number of ether oxygens (including phenoxy) is 2. The highest BCUT2D eigenvalue weighted by Crippen LogP contribution is 2.44. The maximum atomic E-state index is 13.2. The lowest BCUT2D eigenvalue weighted by Crippen LogP contribution is -2.25. The van der Waals surface area contributed by atoms with E-state index in [4.69, 9.17) is 0 Å². The summed E-state index contributed by atoms with van der Waals surface area (Å²) in [5.74, 6) is 0.564. The average molecular weight is 404 g/mol.